The molecule has 0 atom stereocenters. The van der Waals surface area contributed by atoms with Crippen LogP contribution in [-0.2, 0) is 0 Å². The lowest BCUT2D eigenvalue weighted by molar-refractivity contribution is -0.842. The van der Waals surface area contributed by atoms with Crippen molar-refractivity contribution in [2.24, 2.45) is 0 Å². The van der Waals surface area contributed by atoms with E-state index >= 15 is 0 Å². The number of hydrogen-bond donors (Lipinski definition) is 0. The number of nitrogens with zero attached hydrogens (tertiary/aromatic N) is 1. The fourth-order valence-electron chi connectivity index (χ4n) is 2.61. The smallest absolute Gasteiger partial charge is 0.114 e. The first-order chi connectivity index (χ1) is 6.36. The Bertz CT molecular complexity index is 403. The summed E-state index contributed by atoms with van der Waals surface area (Å²) >= 11 is 0. The maximum absolute atomic E-state index is 2.30. The summed E-state index contributed by atoms with van der Waals surface area (Å²) in [7, 11) is 4.59. The molecule has 0 aromatic carbocycles. The Morgan fingerprint density at radius 1 is 0.857 bits per heavy atom. The van der Waals surface area contributed by atoms with Gasteiger partial charge in [-0.1, -0.05) is 0 Å². The molecule has 0 radical (unpaired) electrons. The quantitative estimate of drug-likeness (QED) is 0.515. The molecule has 1 aliphatic carbocycles. The van der Waals surface area contributed by atoms with Gasteiger partial charge in [0.05, 0.1) is 14.1 Å². The van der Waals surface area contributed by atoms with Gasteiger partial charge in [0, 0.05) is 18.1 Å². The van der Waals surface area contributed by atoms with Gasteiger partial charge in [-0.25, -0.2) is 0 Å². The van der Waals surface area contributed by atoms with E-state index < -0.39 is 0 Å². The first kappa shape index (κ1) is 9.72. The van der Waals surface area contributed by atoms with Crippen LogP contribution in [0.3, 0.4) is 0 Å². The van der Waals surface area contributed by atoms with Crippen molar-refractivity contribution in [1.29, 1.82) is 0 Å². The van der Waals surface area contributed by atoms with Gasteiger partial charge in [-0.2, -0.15) is 0 Å². The summed E-state index contributed by atoms with van der Waals surface area (Å²) in [5.41, 5.74) is 9.16. The van der Waals surface area contributed by atoms with Gasteiger partial charge >= 0.3 is 0 Å². The highest BCUT2D eigenvalue weighted by Gasteiger charge is 2.39. The third-order valence-electron chi connectivity index (χ3n) is 4.08. The molecule has 2 rings (SSSR count). The predicted molar refractivity (Wildman–Crippen MR) is 60.7 cm³/mol. The molecule has 0 saturated carbocycles. The molecule has 1 aliphatic heterocycles. The topological polar surface area (TPSA) is 0 Å². The molecule has 0 fully saturated rings. The van der Waals surface area contributed by atoms with Crippen molar-refractivity contribution >= 4 is 0 Å². The Balaban J connectivity index is 2.68. The lowest BCUT2D eigenvalue weighted by atomic mass is 10.1. The fraction of sp³-hybridized carbons (Fsp3) is 0.538. The van der Waals surface area contributed by atoms with Crippen LogP contribution >= 0.6 is 0 Å². The molecule has 2 aliphatic rings. The molecule has 0 saturated heterocycles. The molecule has 1 heteroatoms. The summed E-state index contributed by atoms with van der Waals surface area (Å²) in [6.07, 6.45) is 0. The van der Waals surface area contributed by atoms with Gasteiger partial charge < -0.3 is 0 Å². The van der Waals surface area contributed by atoms with Crippen molar-refractivity contribution in [1.82, 2.24) is 0 Å². The van der Waals surface area contributed by atoms with Gasteiger partial charge in [0.15, 0.2) is 0 Å². The van der Waals surface area contributed by atoms with Gasteiger partial charge in [-0.3, -0.25) is 4.48 Å². The molecule has 0 aromatic rings. The second-order valence-corrected chi connectivity index (χ2v) is 5.16. The van der Waals surface area contributed by atoms with E-state index in [2.05, 4.69) is 41.8 Å². The fourth-order valence-corrected chi connectivity index (χ4v) is 2.61. The molecule has 0 unspecified atom stereocenters. The molecule has 0 aromatic heterocycles. The predicted octanol–water partition coefficient (Wildman–Crippen LogP) is 3.02. The molecule has 14 heavy (non-hydrogen) atoms. The zero-order valence-electron chi connectivity index (χ0n) is 10.2. The van der Waals surface area contributed by atoms with Crippen LogP contribution in [0.15, 0.2) is 33.6 Å². The Hall–Kier alpha value is -0.820. The van der Waals surface area contributed by atoms with Crippen LogP contribution in [0.1, 0.15) is 27.7 Å². The van der Waals surface area contributed by atoms with E-state index in [0.717, 1.165) is 4.48 Å². The average molecular weight is 190 g/mol. The number of quaternary nitrogens is 1. The van der Waals surface area contributed by atoms with Crippen molar-refractivity contribution in [3.8, 4) is 0 Å². The monoisotopic (exact) mass is 190 g/mol. The number of rotatable bonds is 0. The standard InChI is InChI=1S/C13H20N/c1-8-9(2)12-7-14(5,6)11(4)13(12)10(8)3/h7H2,1-6H3/q+1. The Morgan fingerprint density at radius 3 is 1.93 bits per heavy atom. The Morgan fingerprint density at radius 2 is 1.43 bits per heavy atom. The van der Waals surface area contributed by atoms with Crippen molar-refractivity contribution in [2.45, 2.75) is 27.7 Å². The molecule has 1 nitrogen and oxygen atoms in total. The molecule has 0 spiro atoms. The number of hydrogen-bond acceptors (Lipinski definition) is 0. The largest absolute Gasteiger partial charge is 0.295 e. The third-order valence-corrected chi connectivity index (χ3v) is 4.08. The first-order valence-corrected chi connectivity index (χ1v) is 5.29. The Kier molecular flexibility index (Phi) is 1.81. The van der Waals surface area contributed by atoms with E-state index in [1.165, 1.54) is 29.0 Å². The van der Waals surface area contributed by atoms with Crippen LogP contribution in [0.5, 0.6) is 0 Å². The van der Waals surface area contributed by atoms with Crippen LogP contribution in [0.2, 0.25) is 0 Å². The minimum Gasteiger partial charge on any atom is -0.295 e. The van der Waals surface area contributed by atoms with E-state index in [0.29, 0.717) is 0 Å². The number of allylic oxidation sites excluding steroid dienone is 4. The van der Waals surface area contributed by atoms with E-state index in [9.17, 15) is 0 Å². The molecular formula is C13H20N+. The van der Waals surface area contributed by atoms with Crippen LogP contribution in [0.25, 0.3) is 0 Å². The van der Waals surface area contributed by atoms with E-state index in [1.54, 1.807) is 11.1 Å². The summed E-state index contributed by atoms with van der Waals surface area (Å²) in [6, 6.07) is 0. The molecule has 0 amide bonds. The number of likely N-dealkylation sites (N-methyl/N-ethyl adjacent to an activating group) is 1. The van der Waals surface area contributed by atoms with Crippen LogP contribution in [0.4, 0.5) is 0 Å². The first-order valence-electron chi connectivity index (χ1n) is 5.29. The van der Waals surface area contributed by atoms with Gasteiger partial charge in [-0.05, 0) is 37.5 Å². The van der Waals surface area contributed by atoms with Crippen molar-refractivity contribution in [3.05, 3.63) is 33.6 Å². The summed E-state index contributed by atoms with van der Waals surface area (Å²) in [4.78, 5) is 0. The molecule has 1 heterocycles. The van der Waals surface area contributed by atoms with Crippen LogP contribution < -0.4 is 0 Å². The van der Waals surface area contributed by atoms with E-state index in [-0.39, 0.29) is 0 Å². The molecule has 0 N–H and O–H groups in total. The maximum Gasteiger partial charge on any atom is 0.114 e. The highest BCUT2D eigenvalue weighted by molar-refractivity contribution is 5.64. The van der Waals surface area contributed by atoms with Crippen molar-refractivity contribution in [2.75, 3.05) is 20.6 Å². The molecular weight excluding hydrogens is 170 g/mol. The molecule has 76 valence electrons. The second kappa shape index (κ2) is 2.60. The van der Waals surface area contributed by atoms with Crippen LogP contribution in [-0.4, -0.2) is 25.1 Å². The van der Waals surface area contributed by atoms with E-state index in [1.807, 2.05) is 0 Å². The summed E-state index contributed by atoms with van der Waals surface area (Å²) in [6.45, 7) is 10.2. The van der Waals surface area contributed by atoms with Crippen LogP contribution in [0, 0.1) is 0 Å². The van der Waals surface area contributed by atoms with Gasteiger partial charge in [0.2, 0.25) is 0 Å². The zero-order chi connectivity index (χ0) is 10.7. The number of fused-ring (bicyclic) bond motifs is 1. The van der Waals surface area contributed by atoms with E-state index in [4.69, 9.17) is 0 Å². The summed E-state index contributed by atoms with van der Waals surface area (Å²) < 4.78 is 1.03. The SMILES string of the molecule is CC1=C(C)C2=C(C)[N+](C)(C)CC2=C1C. The highest BCUT2D eigenvalue weighted by atomic mass is 15.3. The zero-order valence-corrected chi connectivity index (χ0v) is 10.2. The summed E-state index contributed by atoms with van der Waals surface area (Å²) in [5.74, 6) is 0. The normalized spacial score (nSPS) is 25.3. The minimum absolute atomic E-state index is 1.03. The lowest BCUT2D eigenvalue weighted by Crippen LogP contribution is -2.35. The van der Waals surface area contributed by atoms with Crippen molar-refractivity contribution < 1.29 is 4.48 Å². The minimum atomic E-state index is 1.03. The summed E-state index contributed by atoms with van der Waals surface area (Å²) in [5, 5.41) is 0. The Labute approximate surface area is 87.0 Å². The second-order valence-electron chi connectivity index (χ2n) is 5.16. The highest BCUT2D eigenvalue weighted by Crippen LogP contribution is 2.45. The van der Waals surface area contributed by atoms with Crippen molar-refractivity contribution in [3.63, 3.8) is 0 Å². The average Bonchev–Trinajstić information content (AvgIpc) is 2.44. The van der Waals surface area contributed by atoms with Gasteiger partial charge in [0.1, 0.15) is 12.2 Å². The van der Waals surface area contributed by atoms with Gasteiger partial charge in [0.25, 0.3) is 0 Å². The van der Waals surface area contributed by atoms with Gasteiger partial charge in [-0.15, -0.1) is 0 Å². The lowest BCUT2D eigenvalue weighted by Gasteiger charge is -2.25. The maximum atomic E-state index is 2.30. The molecule has 0 bridgehead atoms. The third kappa shape index (κ3) is 0.992.